The summed E-state index contributed by atoms with van der Waals surface area (Å²) in [5, 5.41) is 9.70. The van der Waals surface area contributed by atoms with Crippen molar-refractivity contribution in [2.24, 2.45) is 0 Å². The molecule has 6 nitrogen and oxygen atoms in total. The molecule has 6 heteroatoms. The summed E-state index contributed by atoms with van der Waals surface area (Å²) in [5.41, 5.74) is 5.54. The molecule has 0 bridgehead atoms. The van der Waals surface area contributed by atoms with Gasteiger partial charge in [0.2, 0.25) is 0 Å². The number of pyridine rings is 1. The Balaban J connectivity index is 1.35. The second-order valence-corrected chi connectivity index (χ2v) is 8.22. The van der Waals surface area contributed by atoms with E-state index in [1.54, 1.807) is 18.6 Å². The summed E-state index contributed by atoms with van der Waals surface area (Å²) in [4.78, 5) is 13.3. The maximum atomic E-state index is 9.70. The van der Waals surface area contributed by atoms with Crippen molar-refractivity contribution >= 4 is 0 Å². The molecule has 0 aliphatic carbocycles. The molecule has 3 heterocycles. The van der Waals surface area contributed by atoms with Crippen molar-refractivity contribution in [3.8, 4) is 34.2 Å². The molecule has 4 aromatic rings. The van der Waals surface area contributed by atoms with E-state index in [-0.39, 0.29) is 6.10 Å². The van der Waals surface area contributed by atoms with Crippen LogP contribution >= 0.6 is 0 Å². The predicted octanol–water partition coefficient (Wildman–Crippen LogP) is 5.23. The van der Waals surface area contributed by atoms with Gasteiger partial charge in [0.1, 0.15) is 23.7 Å². The van der Waals surface area contributed by atoms with Gasteiger partial charge < -0.3 is 9.47 Å². The second kappa shape index (κ2) is 10.2. The van der Waals surface area contributed by atoms with E-state index in [0.29, 0.717) is 30.9 Å². The normalized spacial score (nSPS) is 13.9. The van der Waals surface area contributed by atoms with Gasteiger partial charge in [0, 0.05) is 43.4 Å². The van der Waals surface area contributed by atoms with Crippen LogP contribution in [-0.4, -0.2) is 34.3 Å². The molecule has 0 spiro atoms. The van der Waals surface area contributed by atoms with Gasteiger partial charge in [0.25, 0.3) is 0 Å². The Morgan fingerprint density at radius 2 is 1.76 bits per heavy atom. The minimum Gasteiger partial charge on any atom is -0.489 e. The largest absolute Gasteiger partial charge is 0.489 e. The number of ether oxygens (including phenoxy) is 2. The van der Waals surface area contributed by atoms with Crippen LogP contribution in [0.4, 0.5) is 0 Å². The van der Waals surface area contributed by atoms with Crippen molar-refractivity contribution in [2.45, 2.75) is 25.4 Å². The first-order chi connectivity index (χ1) is 16.8. The van der Waals surface area contributed by atoms with E-state index in [2.05, 4.69) is 34.2 Å². The minimum atomic E-state index is 0.0836. The fourth-order valence-electron chi connectivity index (χ4n) is 4.09. The number of hydrogen-bond donors (Lipinski definition) is 0. The molecule has 5 rings (SSSR count). The number of benzene rings is 2. The maximum Gasteiger partial charge on any atom is 0.137 e. The zero-order valence-corrected chi connectivity index (χ0v) is 18.7. The van der Waals surface area contributed by atoms with E-state index in [4.69, 9.17) is 14.5 Å². The molecule has 2 aromatic heterocycles. The molecule has 1 fully saturated rings. The fraction of sp³-hybridized carbons (Fsp3) is 0.214. The number of hydrogen-bond acceptors (Lipinski definition) is 6. The highest BCUT2D eigenvalue weighted by atomic mass is 16.5. The van der Waals surface area contributed by atoms with Gasteiger partial charge in [0.15, 0.2) is 0 Å². The highest BCUT2D eigenvalue weighted by molar-refractivity contribution is 5.65. The molecular weight excluding hydrogens is 424 g/mol. The molecule has 0 atom stereocenters. The smallest absolute Gasteiger partial charge is 0.137 e. The van der Waals surface area contributed by atoms with Crippen LogP contribution in [0.3, 0.4) is 0 Å². The molecule has 2 aromatic carbocycles. The van der Waals surface area contributed by atoms with E-state index in [0.717, 1.165) is 46.6 Å². The molecule has 1 aliphatic rings. The standard InChI is InChI=1S/C28H24N4O2/c29-19-24-18-23(4-5-27(24)34-25-9-14-33-15-10-25)26-8-13-31-28(32-26)17-20-2-1-3-22(16-20)21-6-11-30-12-7-21/h1-8,11-13,16,18,25H,9-10,14-15,17H2. The Bertz CT molecular complexity index is 1310. The molecule has 0 N–H and O–H groups in total. The van der Waals surface area contributed by atoms with Crippen LogP contribution in [-0.2, 0) is 11.2 Å². The maximum absolute atomic E-state index is 9.70. The third-order valence-corrected chi connectivity index (χ3v) is 5.87. The Morgan fingerprint density at radius 3 is 2.59 bits per heavy atom. The summed E-state index contributed by atoms with van der Waals surface area (Å²) in [5.74, 6) is 1.34. The number of nitrogens with zero attached hydrogens (tertiary/aromatic N) is 4. The van der Waals surface area contributed by atoms with Crippen molar-refractivity contribution in [1.82, 2.24) is 15.0 Å². The van der Waals surface area contributed by atoms with Crippen molar-refractivity contribution < 1.29 is 9.47 Å². The molecule has 0 amide bonds. The third kappa shape index (κ3) is 5.11. The Morgan fingerprint density at radius 1 is 0.912 bits per heavy atom. The Kier molecular flexibility index (Phi) is 6.55. The van der Waals surface area contributed by atoms with Crippen LogP contribution in [0.1, 0.15) is 29.8 Å². The van der Waals surface area contributed by atoms with Gasteiger partial charge in [-0.3, -0.25) is 4.98 Å². The van der Waals surface area contributed by atoms with Crippen molar-refractivity contribution in [1.29, 1.82) is 5.26 Å². The third-order valence-electron chi connectivity index (χ3n) is 5.87. The zero-order valence-electron chi connectivity index (χ0n) is 18.7. The van der Waals surface area contributed by atoms with Crippen LogP contribution in [0.5, 0.6) is 5.75 Å². The highest BCUT2D eigenvalue weighted by Crippen LogP contribution is 2.28. The van der Waals surface area contributed by atoms with Gasteiger partial charge >= 0.3 is 0 Å². The molecule has 0 radical (unpaired) electrons. The molecule has 0 unspecified atom stereocenters. The summed E-state index contributed by atoms with van der Waals surface area (Å²) in [6.45, 7) is 1.39. The van der Waals surface area contributed by atoms with Crippen molar-refractivity contribution in [3.05, 3.63) is 96.2 Å². The average molecular weight is 449 g/mol. The number of aromatic nitrogens is 3. The summed E-state index contributed by atoms with van der Waals surface area (Å²) in [6, 6.07) is 22.2. The van der Waals surface area contributed by atoms with Gasteiger partial charge in [0.05, 0.1) is 24.5 Å². The fourth-order valence-corrected chi connectivity index (χ4v) is 4.09. The van der Waals surface area contributed by atoms with Gasteiger partial charge in [-0.25, -0.2) is 9.97 Å². The first-order valence-electron chi connectivity index (χ1n) is 11.4. The predicted molar refractivity (Wildman–Crippen MR) is 129 cm³/mol. The summed E-state index contributed by atoms with van der Waals surface area (Å²) >= 11 is 0. The van der Waals surface area contributed by atoms with E-state index >= 15 is 0 Å². The summed E-state index contributed by atoms with van der Waals surface area (Å²) < 4.78 is 11.5. The molecule has 168 valence electrons. The molecular formula is C28H24N4O2. The molecule has 34 heavy (non-hydrogen) atoms. The topological polar surface area (TPSA) is 80.9 Å². The lowest BCUT2D eigenvalue weighted by Crippen LogP contribution is -2.26. The van der Waals surface area contributed by atoms with Crippen LogP contribution in [0.25, 0.3) is 22.4 Å². The molecule has 0 saturated carbocycles. The van der Waals surface area contributed by atoms with Crippen LogP contribution < -0.4 is 4.74 Å². The van der Waals surface area contributed by atoms with Crippen LogP contribution in [0, 0.1) is 11.3 Å². The van der Waals surface area contributed by atoms with Crippen LogP contribution in [0.2, 0.25) is 0 Å². The Labute approximate surface area is 198 Å². The van der Waals surface area contributed by atoms with Crippen molar-refractivity contribution in [2.75, 3.05) is 13.2 Å². The lowest BCUT2D eigenvalue weighted by atomic mass is 10.0. The summed E-state index contributed by atoms with van der Waals surface area (Å²) in [6.07, 6.45) is 7.73. The Hall–Kier alpha value is -4.08. The zero-order chi connectivity index (χ0) is 23.2. The first kappa shape index (κ1) is 21.7. The molecule has 1 saturated heterocycles. The monoisotopic (exact) mass is 448 g/mol. The van der Waals surface area contributed by atoms with Gasteiger partial charge in [-0.15, -0.1) is 0 Å². The van der Waals surface area contributed by atoms with Crippen molar-refractivity contribution in [3.63, 3.8) is 0 Å². The SMILES string of the molecule is N#Cc1cc(-c2ccnc(Cc3cccc(-c4ccncc4)c3)n2)ccc1OC1CCOCC1. The van der Waals surface area contributed by atoms with Crippen LogP contribution in [0.15, 0.2) is 79.3 Å². The van der Waals surface area contributed by atoms with E-state index in [9.17, 15) is 5.26 Å². The lowest BCUT2D eigenvalue weighted by Gasteiger charge is -2.23. The number of nitriles is 1. The van der Waals surface area contributed by atoms with E-state index in [1.807, 2.05) is 42.5 Å². The number of rotatable bonds is 6. The van der Waals surface area contributed by atoms with E-state index in [1.165, 1.54) is 0 Å². The second-order valence-electron chi connectivity index (χ2n) is 8.22. The average Bonchev–Trinajstić information content (AvgIpc) is 2.90. The van der Waals surface area contributed by atoms with Gasteiger partial charge in [-0.2, -0.15) is 5.26 Å². The lowest BCUT2D eigenvalue weighted by molar-refractivity contribution is 0.0254. The highest BCUT2D eigenvalue weighted by Gasteiger charge is 2.17. The first-order valence-corrected chi connectivity index (χ1v) is 11.4. The minimum absolute atomic E-state index is 0.0836. The van der Waals surface area contributed by atoms with E-state index < -0.39 is 0 Å². The van der Waals surface area contributed by atoms with Gasteiger partial charge in [-0.05, 0) is 53.1 Å². The summed E-state index contributed by atoms with van der Waals surface area (Å²) in [7, 11) is 0. The molecule has 1 aliphatic heterocycles. The van der Waals surface area contributed by atoms with Gasteiger partial charge in [-0.1, -0.05) is 24.3 Å². The quantitative estimate of drug-likeness (QED) is 0.402.